The Morgan fingerprint density at radius 2 is 2.03 bits per heavy atom. The molecule has 0 aliphatic carbocycles. The molecule has 7 nitrogen and oxygen atoms in total. The van der Waals surface area contributed by atoms with E-state index in [1.165, 1.54) is 0 Å². The smallest absolute Gasteiger partial charge is 0.251 e. The molecule has 30 heavy (non-hydrogen) atoms. The molecule has 2 aliphatic heterocycles. The molecule has 2 heterocycles. The molecule has 2 aliphatic rings. The number of unbranched alkanes of at least 4 members (excludes halogenated alkanes) is 1. The van der Waals surface area contributed by atoms with E-state index in [1.54, 1.807) is 7.05 Å². The summed E-state index contributed by atoms with van der Waals surface area (Å²) in [5.41, 5.74) is 1.16. The second kappa shape index (κ2) is 13.0. The van der Waals surface area contributed by atoms with Crippen LogP contribution in [-0.2, 0) is 16.1 Å². The van der Waals surface area contributed by atoms with Gasteiger partial charge in [-0.15, -0.1) is 24.0 Å². The van der Waals surface area contributed by atoms with Gasteiger partial charge in [-0.3, -0.25) is 9.79 Å². The number of carbonyl (C=O) groups excluding carboxylic acids is 1. The van der Waals surface area contributed by atoms with E-state index in [9.17, 15) is 4.79 Å². The number of aliphatic imine (C=N–C) groups is 1. The number of ether oxygens (including phenoxy) is 2. The van der Waals surface area contributed by atoms with E-state index in [0.29, 0.717) is 26.2 Å². The maximum Gasteiger partial charge on any atom is 0.251 e. The standard InChI is InChI=1S/C22H34N4O3.HI/c1-3-4-14-28-19-8-5-7-18(16-19)17-24-22(23-2)26-12-10-25(11-13-26)21(27)20-9-6-15-29-20;/h5,7-8,16,20H,3-4,6,9-15,17H2,1-2H3,(H,23,24);1H. The number of piperazine rings is 1. The Kier molecular flexibility index (Phi) is 10.7. The first-order chi connectivity index (χ1) is 14.2. The highest BCUT2D eigenvalue weighted by atomic mass is 127. The highest BCUT2D eigenvalue weighted by Gasteiger charge is 2.30. The summed E-state index contributed by atoms with van der Waals surface area (Å²) in [6.07, 6.45) is 3.80. The Hall–Kier alpha value is -1.55. The minimum Gasteiger partial charge on any atom is -0.494 e. The van der Waals surface area contributed by atoms with Crippen molar-refractivity contribution < 1.29 is 14.3 Å². The van der Waals surface area contributed by atoms with Crippen LogP contribution in [0.4, 0.5) is 0 Å². The predicted molar refractivity (Wildman–Crippen MR) is 130 cm³/mol. The third-order valence-corrected chi connectivity index (χ3v) is 5.42. The van der Waals surface area contributed by atoms with Crippen molar-refractivity contribution in [1.82, 2.24) is 15.1 Å². The van der Waals surface area contributed by atoms with Gasteiger partial charge in [0.25, 0.3) is 5.91 Å². The third-order valence-electron chi connectivity index (χ3n) is 5.42. The highest BCUT2D eigenvalue weighted by Crippen LogP contribution is 2.16. The number of benzene rings is 1. The maximum absolute atomic E-state index is 12.5. The maximum atomic E-state index is 12.5. The van der Waals surface area contributed by atoms with Crippen LogP contribution in [0.2, 0.25) is 0 Å². The molecule has 2 fully saturated rings. The normalized spacial score (nSPS) is 19.4. The molecule has 8 heteroatoms. The predicted octanol–water partition coefficient (Wildman–Crippen LogP) is 2.88. The Morgan fingerprint density at radius 3 is 2.70 bits per heavy atom. The largest absolute Gasteiger partial charge is 0.494 e. The van der Waals surface area contributed by atoms with Gasteiger partial charge in [0, 0.05) is 46.4 Å². The lowest BCUT2D eigenvalue weighted by molar-refractivity contribution is -0.142. The van der Waals surface area contributed by atoms with Crippen molar-refractivity contribution in [3.63, 3.8) is 0 Å². The number of nitrogens with one attached hydrogen (secondary N) is 1. The Labute approximate surface area is 197 Å². The number of halogens is 1. The van der Waals surface area contributed by atoms with E-state index in [0.717, 1.165) is 62.7 Å². The number of nitrogens with zero attached hydrogens (tertiary/aromatic N) is 3. The van der Waals surface area contributed by atoms with Crippen molar-refractivity contribution in [2.45, 2.75) is 45.3 Å². The molecule has 1 unspecified atom stereocenters. The van der Waals surface area contributed by atoms with Crippen molar-refractivity contribution >= 4 is 35.8 Å². The zero-order valence-electron chi connectivity index (χ0n) is 18.1. The highest BCUT2D eigenvalue weighted by molar-refractivity contribution is 14.0. The Bertz CT molecular complexity index is 687. The summed E-state index contributed by atoms with van der Waals surface area (Å²) in [7, 11) is 1.80. The fraction of sp³-hybridized carbons (Fsp3) is 0.636. The van der Waals surface area contributed by atoms with Crippen LogP contribution in [0.5, 0.6) is 5.75 Å². The molecule has 1 aromatic carbocycles. The lowest BCUT2D eigenvalue weighted by Gasteiger charge is -2.37. The molecular weight excluding hydrogens is 495 g/mol. The van der Waals surface area contributed by atoms with Crippen molar-refractivity contribution in [3.05, 3.63) is 29.8 Å². The van der Waals surface area contributed by atoms with Gasteiger partial charge in [0.2, 0.25) is 0 Å². The number of guanidine groups is 1. The van der Waals surface area contributed by atoms with Crippen LogP contribution in [0.25, 0.3) is 0 Å². The van der Waals surface area contributed by atoms with E-state index in [4.69, 9.17) is 9.47 Å². The molecule has 1 amide bonds. The summed E-state index contributed by atoms with van der Waals surface area (Å²) in [6, 6.07) is 8.19. The van der Waals surface area contributed by atoms with Crippen molar-refractivity contribution in [2.24, 2.45) is 4.99 Å². The summed E-state index contributed by atoms with van der Waals surface area (Å²) in [6.45, 7) is 7.28. The fourth-order valence-electron chi connectivity index (χ4n) is 3.71. The van der Waals surface area contributed by atoms with Crippen LogP contribution >= 0.6 is 24.0 Å². The molecule has 1 N–H and O–H groups in total. The number of hydrogen-bond acceptors (Lipinski definition) is 4. The van der Waals surface area contributed by atoms with Gasteiger partial charge in [-0.1, -0.05) is 25.5 Å². The Balaban J connectivity index is 0.00000320. The molecule has 1 aromatic rings. The van der Waals surface area contributed by atoms with Gasteiger partial charge in [-0.2, -0.15) is 0 Å². The van der Waals surface area contributed by atoms with Crippen LogP contribution in [0.1, 0.15) is 38.2 Å². The first-order valence-electron chi connectivity index (χ1n) is 10.8. The SMILES string of the molecule is CCCCOc1cccc(CNC(=NC)N2CCN(C(=O)C3CCCO3)CC2)c1.I. The molecule has 2 saturated heterocycles. The first kappa shape index (κ1) is 24.7. The quantitative estimate of drug-likeness (QED) is 0.254. The van der Waals surface area contributed by atoms with Crippen LogP contribution < -0.4 is 10.1 Å². The second-order valence-electron chi connectivity index (χ2n) is 7.56. The summed E-state index contributed by atoms with van der Waals surface area (Å²) in [4.78, 5) is 21.1. The van der Waals surface area contributed by atoms with Crippen LogP contribution in [-0.4, -0.2) is 74.2 Å². The molecule has 0 saturated carbocycles. The molecule has 0 radical (unpaired) electrons. The van der Waals surface area contributed by atoms with Gasteiger partial charge in [0.05, 0.1) is 6.61 Å². The number of amides is 1. The molecule has 1 atom stereocenters. The second-order valence-corrected chi connectivity index (χ2v) is 7.56. The summed E-state index contributed by atoms with van der Waals surface area (Å²) in [5, 5.41) is 3.44. The third kappa shape index (κ3) is 7.01. The number of hydrogen-bond donors (Lipinski definition) is 1. The average Bonchev–Trinajstić information content (AvgIpc) is 3.30. The monoisotopic (exact) mass is 530 g/mol. The van der Waals surface area contributed by atoms with Crippen molar-refractivity contribution in [1.29, 1.82) is 0 Å². The van der Waals surface area contributed by atoms with Gasteiger partial charge < -0.3 is 24.6 Å². The van der Waals surface area contributed by atoms with Crippen LogP contribution in [0.15, 0.2) is 29.3 Å². The molecule has 168 valence electrons. The molecule has 0 bridgehead atoms. The zero-order chi connectivity index (χ0) is 20.5. The van der Waals surface area contributed by atoms with Gasteiger partial charge in [-0.05, 0) is 37.0 Å². The van der Waals surface area contributed by atoms with E-state index in [1.807, 2.05) is 17.0 Å². The van der Waals surface area contributed by atoms with E-state index >= 15 is 0 Å². The fourth-order valence-corrected chi connectivity index (χ4v) is 3.71. The van der Waals surface area contributed by atoms with Crippen molar-refractivity contribution in [3.8, 4) is 5.75 Å². The topological polar surface area (TPSA) is 66.4 Å². The van der Waals surface area contributed by atoms with E-state index in [-0.39, 0.29) is 36.0 Å². The van der Waals surface area contributed by atoms with Gasteiger partial charge >= 0.3 is 0 Å². The zero-order valence-corrected chi connectivity index (χ0v) is 20.5. The molecule has 3 rings (SSSR count). The van der Waals surface area contributed by atoms with E-state index < -0.39 is 0 Å². The minimum atomic E-state index is -0.231. The molecular formula is C22H35IN4O3. The van der Waals surface area contributed by atoms with Crippen molar-refractivity contribution in [2.75, 3.05) is 46.4 Å². The van der Waals surface area contributed by atoms with Crippen LogP contribution in [0.3, 0.4) is 0 Å². The number of rotatable bonds is 7. The lowest BCUT2D eigenvalue weighted by Crippen LogP contribution is -2.55. The molecule has 0 aromatic heterocycles. The van der Waals surface area contributed by atoms with Gasteiger partial charge in [0.15, 0.2) is 5.96 Å². The summed E-state index contributed by atoms with van der Waals surface area (Å²) < 4.78 is 11.3. The minimum absolute atomic E-state index is 0. The van der Waals surface area contributed by atoms with Crippen LogP contribution in [0, 0.1) is 0 Å². The average molecular weight is 530 g/mol. The number of carbonyl (C=O) groups is 1. The van der Waals surface area contributed by atoms with E-state index in [2.05, 4.69) is 34.3 Å². The Morgan fingerprint density at radius 1 is 1.27 bits per heavy atom. The lowest BCUT2D eigenvalue weighted by atomic mass is 10.2. The first-order valence-corrected chi connectivity index (χ1v) is 10.8. The van der Waals surface area contributed by atoms with Gasteiger partial charge in [-0.25, -0.2) is 0 Å². The summed E-state index contributed by atoms with van der Waals surface area (Å²) >= 11 is 0. The summed E-state index contributed by atoms with van der Waals surface area (Å²) in [5.74, 6) is 1.92. The molecule has 0 spiro atoms. The van der Waals surface area contributed by atoms with Gasteiger partial charge in [0.1, 0.15) is 11.9 Å².